The normalized spacial score (nSPS) is 17.4. The van der Waals surface area contributed by atoms with Crippen LogP contribution < -0.4 is 21.9 Å². The van der Waals surface area contributed by atoms with Crippen molar-refractivity contribution in [3.8, 4) is 0 Å². The summed E-state index contributed by atoms with van der Waals surface area (Å²) in [5.41, 5.74) is 12.5. The summed E-state index contributed by atoms with van der Waals surface area (Å²) in [6.07, 6.45) is 0.110. The zero-order chi connectivity index (χ0) is 9.64. The van der Waals surface area contributed by atoms with Crippen molar-refractivity contribution in [3.63, 3.8) is 0 Å². The van der Waals surface area contributed by atoms with Crippen LogP contribution in [0.25, 0.3) is 0 Å². The van der Waals surface area contributed by atoms with Gasteiger partial charge in [0, 0.05) is 0 Å². The van der Waals surface area contributed by atoms with Crippen molar-refractivity contribution in [1.29, 1.82) is 0 Å². The molecule has 1 saturated heterocycles. The Morgan fingerprint density at radius 2 is 1.79 bits per heavy atom. The molecule has 2 rings (SSSR count). The van der Waals surface area contributed by atoms with E-state index in [9.17, 15) is 0 Å². The van der Waals surface area contributed by atoms with Crippen molar-refractivity contribution in [2.24, 2.45) is 0 Å². The summed E-state index contributed by atoms with van der Waals surface area (Å²) in [4.78, 5) is 0. The second-order valence-corrected chi connectivity index (χ2v) is 3.09. The highest BCUT2D eigenvalue weighted by Crippen LogP contribution is 2.00. The highest BCUT2D eigenvalue weighted by Gasteiger charge is 2.11. The van der Waals surface area contributed by atoms with Gasteiger partial charge in [0.25, 0.3) is 0 Å². The summed E-state index contributed by atoms with van der Waals surface area (Å²) < 4.78 is 5.50. The molecule has 0 aromatic heterocycles. The Bertz CT molecular complexity index is 261. The van der Waals surface area contributed by atoms with E-state index in [1.807, 2.05) is 30.3 Å². The van der Waals surface area contributed by atoms with Crippen molar-refractivity contribution < 1.29 is 4.74 Å². The lowest BCUT2D eigenvalue weighted by Gasteiger charge is -2.09. The predicted molar refractivity (Wildman–Crippen MR) is 52.4 cm³/mol. The summed E-state index contributed by atoms with van der Waals surface area (Å²) in [5, 5.41) is 0. The summed E-state index contributed by atoms with van der Waals surface area (Å²) in [6.45, 7) is 1.25. The first-order valence-corrected chi connectivity index (χ1v) is 4.58. The molecule has 0 unspecified atom stereocenters. The molecule has 1 fully saturated rings. The first-order valence-electron chi connectivity index (χ1n) is 4.58. The van der Waals surface area contributed by atoms with E-state index >= 15 is 0 Å². The Hall–Kier alpha value is -0.980. The first-order chi connectivity index (χ1) is 6.95. The van der Waals surface area contributed by atoms with Gasteiger partial charge in [-0.1, -0.05) is 30.3 Å². The predicted octanol–water partition coefficient (Wildman–Crippen LogP) is -0.354. The number of rotatable bonds is 4. The maximum Gasteiger partial charge on any atom is 0.109 e. The molecule has 14 heavy (non-hydrogen) atoms. The molecule has 5 heteroatoms. The maximum absolute atomic E-state index is 5.50. The van der Waals surface area contributed by atoms with Gasteiger partial charge < -0.3 is 4.74 Å². The lowest BCUT2D eigenvalue weighted by atomic mass is 10.2. The molecule has 1 heterocycles. The molecule has 5 nitrogen and oxygen atoms in total. The van der Waals surface area contributed by atoms with Crippen molar-refractivity contribution in [1.82, 2.24) is 21.9 Å². The topological polar surface area (TPSA) is 57.4 Å². The molecule has 1 aromatic rings. The van der Waals surface area contributed by atoms with Gasteiger partial charge >= 0.3 is 0 Å². The number of nitrogens with one attached hydrogen (secondary N) is 4. The first kappa shape index (κ1) is 9.57. The van der Waals surface area contributed by atoms with E-state index in [0.29, 0.717) is 13.2 Å². The minimum atomic E-state index is 0.110. The minimum absolute atomic E-state index is 0.110. The van der Waals surface area contributed by atoms with Crippen molar-refractivity contribution >= 4 is 0 Å². The molecule has 0 atom stereocenters. The molecule has 1 aliphatic heterocycles. The van der Waals surface area contributed by atoms with Crippen molar-refractivity contribution in [2.45, 2.75) is 12.8 Å². The van der Waals surface area contributed by atoms with E-state index < -0.39 is 0 Å². The van der Waals surface area contributed by atoms with Gasteiger partial charge in [0.15, 0.2) is 0 Å². The van der Waals surface area contributed by atoms with Gasteiger partial charge in [-0.3, -0.25) is 0 Å². The van der Waals surface area contributed by atoms with E-state index in [2.05, 4.69) is 21.9 Å². The molecule has 0 aliphatic carbocycles. The van der Waals surface area contributed by atoms with Crippen LogP contribution in [0.15, 0.2) is 30.3 Å². The van der Waals surface area contributed by atoms with E-state index in [1.165, 1.54) is 5.56 Å². The number of hydrazine groups is 3. The SMILES string of the molecule is c1ccc(COCC2NNNN2)cc1. The fourth-order valence-electron chi connectivity index (χ4n) is 1.23. The van der Waals surface area contributed by atoms with Gasteiger partial charge in [0.1, 0.15) is 6.17 Å². The van der Waals surface area contributed by atoms with Crippen LogP contribution in [0.2, 0.25) is 0 Å². The molecular weight excluding hydrogens is 180 g/mol. The van der Waals surface area contributed by atoms with Gasteiger partial charge in [-0.2, -0.15) is 11.1 Å². The Morgan fingerprint density at radius 3 is 2.50 bits per heavy atom. The molecule has 0 radical (unpaired) electrons. The molecule has 0 amide bonds. The fourth-order valence-corrected chi connectivity index (χ4v) is 1.23. The average Bonchev–Trinajstić information content (AvgIpc) is 2.72. The molecule has 76 valence electrons. The van der Waals surface area contributed by atoms with Crippen molar-refractivity contribution in [2.75, 3.05) is 6.61 Å². The molecule has 0 saturated carbocycles. The summed E-state index contributed by atoms with van der Waals surface area (Å²) in [7, 11) is 0. The lowest BCUT2D eigenvalue weighted by molar-refractivity contribution is 0.0963. The van der Waals surface area contributed by atoms with Gasteiger partial charge in [-0.05, 0) is 5.56 Å². The number of benzene rings is 1. The monoisotopic (exact) mass is 194 g/mol. The van der Waals surface area contributed by atoms with Gasteiger partial charge in [-0.15, -0.1) is 0 Å². The molecule has 0 bridgehead atoms. The molecule has 1 aromatic carbocycles. The number of hydrogen-bond donors (Lipinski definition) is 4. The third-order valence-corrected chi connectivity index (χ3v) is 1.95. The van der Waals surface area contributed by atoms with Crippen LogP contribution in [-0.2, 0) is 11.3 Å². The summed E-state index contributed by atoms with van der Waals surface area (Å²) in [6, 6.07) is 10.1. The highest BCUT2D eigenvalue weighted by molar-refractivity contribution is 5.13. The van der Waals surface area contributed by atoms with Gasteiger partial charge in [0.05, 0.1) is 13.2 Å². The second-order valence-electron chi connectivity index (χ2n) is 3.09. The maximum atomic E-state index is 5.50. The molecule has 4 N–H and O–H groups in total. The summed E-state index contributed by atoms with van der Waals surface area (Å²) >= 11 is 0. The molecular formula is C9H14N4O. The van der Waals surface area contributed by atoms with E-state index in [-0.39, 0.29) is 6.17 Å². The summed E-state index contributed by atoms with van der Waals surface area (Å²) in [5.74, 6) is 0. The van der Waals surface area contributed by atoms with Crippen LogP contribution >= 0.6 is 0 Å². The van der Waals surface area contributed by atoms with Crippen molar-refractivity contribution in [3.05, 3.63) is 35.9 Å². The van der Waals surface area contributed by atoms with Crippen LogP contribution in [0.3, 0.4) is 0 Å². The quantitative estimate of drug-likeness (QED) is 0.527. The lowest BCUT2D eigenvalue weighted by Crippen LogP contribution is -2.38. The second kappa shape index (κ2) is 5.04. The Balaban J connectivity index is 1.67. The zero-order valence-electron chi connectivity index (χ0n) is 7.79. The van der Waals surface area contributed by atoms with Crippen LogP contribution in [0.4, 0.5) is 0 Å². The smallest absolute Gasteiger partial charge is 0.109 e. The van der Waals surface area contributed by atoms with E-state index in [4.69, 9.17) is 4.74 Å². The van der Waals surface area contributed by atoms with Gasteiger partial charge in [0.2, 0.25) is 0 Å². The number of hydrogen-bond acceptors (Lipinski definition) is 5. The Labute approximate surface area is 82.7 Å². The standard InChI is InChI=1S/C9H14N4O/c1-2-4-8(5-3-1)6-14-7-9-10-12-13-11-9/h1-5,9-13H,6-7H2. The Morgan fingerprint density at radius 1 is 1.07 bits per heavy atom. The Kier molecular flexibility index (Phi) is 3.44. The third-order valence-electron chi connectivity index (χ3n) is 1.95. The zero-order valence-corrected chi connectivity index (χ0v) is 7.79. The molecule has 1 aliphatic rings. The number of ether oxygens (including phenoxy) is 1. The van der Waals surface area contributed by atoms with Crippen LogP contribution in [-0.4, -0.2) is 12.8 Å². The van der Waals surface area contributed by atoms with Gasteiger partial charge in [-0.25, -0.2) is 10.9 Å². The third kappa shape index (κ3) is 2.76. The average molecular weight is 194 g/mol. The van der Waals surface area contributed by atoms with E-state index in [0.717, 1.165) is 0 Å². The van der Waals surface area contributed by atoms with Crippen LogP contribution in [0, 0.1) is 0 Å². The fraction of sp³-hybridized carbons (Fsp3) is 0.333. The van der Waals surface area contributed by atoms with Crippen LogP contribution in [0.5, 0.6) is 0 Å². The molecule has 0 spiro atoms. The largest absolute Gasteiger partial charge is 0.374 e. The highest BCUT2D eigenvalue weighted by atomic mass is 16.5. The van der Waals surface area contributed by atoms with E-state index in [1.54, 1.807) is 0 Å². The minimum Gasteiger partial charge on any atom is -0.374 e. The van der Waals surface area contributed by atoms with Crippen LogP contribution in [0.1, 0.15) is 5.56 Å².